The standard InChI is InChI=1S/C19H27N3O3/c1-4-7-22(12-5-6-20-11-12)18(25)14-8-13-15(21-17(14)24)9-19(2,3)10-16(13)23/h8,12,20H,4-7,9-11H2,1-3H3,(H,21,24). The van der Waals surface area contributed by atoms with Crippen molar-refractivity contribution < 1.29 is 9.59 Å². The Morgan fingerprint density at radius 3 is 2.72 bits per heavy atom. The molecule has 0 bridgehead atoms. The summed E-state index contributed by atoms with van der Waals surface area (Å²) in [5.41, 5.74) is 0.701. The van der Waals surface area contributed by atoms with Gasteiger partial charge in [-0.05, 0) is 37.3 Å². The number of aromatic amines is 1. The first-order chi connectivity index (χ1) is 11.8. The highest BCUT2D eigenvalue weighted by molar-refractivity contribution is 6.02. The van der Waals surface area contributed by atoms with Gasteiger partial charge in [0.05, 0.1) is 0 Å². The first-order valence-corrected chi connectivity index (χ1v) is 9.13. The molecule has 1 aliphatic heterocycles. The maximum absolute atomic E-state index is 13.0. The third-order valence-corrected chi connectivity index (χ3v) is 5.15. The topological polar surface area (TPSA) is 82.3 Å². The molecule has 136 valence electrons. The maximum Gasteiger partial charge on any atom is 0.261 e. The Balaban J connectivity index is 1.97. The van der Waals surface area contributed by atoms with Gasteiger partial charge in [-0.3, -0.25) is 14.4 Å². The third kappa shape index (κ3) is 3.54. The highest BCUT2D eigenvalue weighted by atomic mass is 16.2. The van der Waals surface area contributed by atoms with E-state index >= 15 is 0 Å². The lowest BCUT2D eigenvalue weighted by molar-refractivity contribution is 0.0690. The van der Waals surface area contributed by atoms with Crippen molar-refractivity contribution in [2.45, 2.75) is 52.5 Å². The van der Waals surface area contributed by atoms with Crippen molar-refractivity contribution in [3.8, 4) is 0 Å². The van der Waals surface area contributed by atoms with E-state index in [1.807, 2.05) is 20.8 Å². The maximum atomic E-state index is 13.0. The van der Waals surface area contributed by atoms with Crippen molar-refractivity contribution >= 4 is 11.7 Å². The molecule has 0 spiro atoms. The van der Waals surface area contributed by atoms with E-state index < -0.39 is 0 Å². The molecule has 0 aromatic carbocycles. The number of hydrogen-bond donors (Lipinski definition) is 2. The van der Waals surface area contributed by atoms with Crippen molar-refractivity contribution in [3.05, 3.63) is 33.2 Å². The van der Waals surface area contributed by atoms with Crippen LogP contribution in [-0.2, 0) is 6.42 Å². The first-order valence-electron chi connectivity index (χ1n) is 9.13. The first kappa shape index (κ1) is 17.9. The van der Waals surface area contributed by atoms with Gasteiger partial charge in [0.15, 0.2) is 5.78 Å². The van der Waals surface area contributed by atoms with Crippen LogP contribution in [0, 0.1) is 5.41 Å². The Kier molecular flexibility index (Phi) is 4.82. The van der Waals surface area contributed by atoms with Gasteiger partial charge in [0.25, 0.3) is 11.5 Å². The molecule has 1 atom stereocenters. The van der Waals surface area contributed by atoms with Gasteiger partial charge in [0.2, 0.25) is 0 Å². The highest BCUT2D eigenvalue weighted by Crippen LogP contribution is 2.33. The quantitative estimate of drug-likeness (QED) is 0.871. The smallest absolute Gasteiger partial charge is 0.261 e. The van der Waals surface area contributed by atoms with Crippen LogP contribution in [0.4, 0.5) is 0 Å². The summed E-state index contributed by atoms with van der Waals surface area (Å²) in [6.07, 6.45) is 2.80. The molecule has 1 aromatic heterocycles. The fraction of sp³-hybridized carbons (Fsp3) is 0.632. The molecule has 1 saturated heterocycles. The number of carbonyl (C=O) groups is 2. The lowest BCUT2D eigenvalue weighted by atomic mass is 9.75. The van der Waals surface area contributed by atoms with Gasteiger partial charge < -0.3 is 15.2 Å². The zero-order chi connectivity index (χ0) is 18.2. The normalized spacial score (nSPS) is 21.9. The Bertz CT molecular complexity index is 745. The number of carbonyl (C=O) groups excluding carboxylic acids is 2. The molecule has 0 radical (unpaired) electrons. The summed E-state index contributed by atoms with van der Waals surface area (Å²) in [5.74, 6) is -0.265. The van der Waals surface area contributed by atoms with E-state index in [2.05, 4.69) is 10.3 Å². The summed E-state index contributed by atoms with van der Waals surface area (Å²) in [6.45, 7) is 8.30. The average Bonchev–Trinajstić information content (AvgIpc) is 3.04. The summed E-state index contributed by atoms with van der Waals surface area (Å²) >= 11 is 0. The van der Waals surface area contributed by atoms with Crippen LogP contribution >= 0.6 is 0 Å². The van der Waals surface area contributed by atoms with E-state index in [-0.39, 0.29) is 34.3 Å². The van der Waals surface area contributed by atoms with Gasteiger partial charge in [0, 0.05) is 36.8 Å². The number of nitrogens with one attached hydrogen (secondary N) is 2. The molecule has 6 heteroatoms. The Morgan fingerprint density at radius 2 is 2.08 bits per heavy atom. The molecule has 2 aliphatic rings. The number of rotatable bonds is 4. The van der Waals surface area contributed by atoms with Gasteiger partial charge in [-0.15, -0.1) is 0 Å². The predicted octanol–water partition coefficient (Wildman–Crippen LogP) is 1.74. The summed E-state index contributed by atoms with van der Waals surface area (Å²) in [5, 5.41) is 3.26. The molecule has 1 unspecified atom stereocenters. The minimum atomic E-state index is -0.388. The van der Waals surface area contributed by atoms with Crippen molar-refractivity contribution in [1.29, 1.82) is 0 Å². The number of H-pyrrole nitrogens is 1. The largest absolute Gasteiger partial charge is 0.334 e. The number of hydrogen-bond acceptors (Lipinski definition) is 4. The molecule has 3 rings (SSSR count). The number of aromatic nitrogens is 1. The van der Waals surface area contributed by atoms with Crippen LogP contribution in [-0.4, -0.2) is 47.3 Å². The van der Waals surface area contributed by atoms with Crippen LogP contribution in [0.2, 0.25) is 0 Å². The lowest BCUT2D eigenvalue weighted by Crippen LogP contribution is -2.44. The minimum absolute atomic E-state index is 0.00104. The van der Waals surface area contributed by atoms with Crippen molar-refractivity contribution in [1.82, 2.24) is 15.2 Å². The lowest BCUT2D eigenvalue weighted by Gasteiger charge is -2.31. The average molecular weight is 345 g/mol. The molecule has 1 aliphatic carbocycles. The highest BCUT2D eigenvalue weighted by Gasteiger charge is 2.34. The van der Waals surface area contributed by atoms with Crippen LogP contribution in [0.5, 0.6) is 0 Å². The van der Waals surface area contributed by atoms with E-state index in [0.29, 0.717) is 30.6 Å². The van der Waals surface area contributed by atoms with E-state index in [1.165, 1.54) is 6.07 Å². The third-order valence-electron chi connectivity index (χ3n) is 5.15. The second-order valence-electron chi connectivity index (χ2n) is 7.99. The fourth-order valence-corrected chi connectivity index (χ4v) is 3.94. The SMILES string of the molecule is CCCN(C(=O)c1cc2c([nH]c1=O)CC(C)(C)CC2=O)C1CCNC1. The molecule has 25 heavy (non-hydrogen) atoms. The second kappa shape index (κ2) is 6.75. The number of fused-ring (bicyclic) bond motifs is 1. The number of pyridine rings is 1. The van der Waals surface area contributed by atoms with Crippen molar-refractivity contribution in [2.24, 2.45) is 5.41 Å². The van der Waals surface area contributed by atoms with E-state index in [1.54, 1.807) is 4.90 Å². The number of nitrogens with zero attached hydrogens (tertiary/aromatic N) is 1. The monoisotopic (exact) mass is 345 g/mol. The van der Waals surface area contributed by atoms with E-state index in [9.17, 15) is 14.4 Å². The van der Waals surface area contributed by atoms with Crippen LogP contribution < -0.4 is 10.9 Å². The van der Waals surface area contributed by atoms with Gasteiger partial charge in [-0.1, -0.05) is 20.8 Å². The molecule has 1 fully saturated rings. The van der Waals surface area contributed by atoms with E-state index in [4.69, 9.17) is 0 Å². The molecule has 2 heterocycles. The van der Waals surface area contributed by atoms with Crippen molar-refractivity contribution in [2.75, 3.05) is 19.6 Å². The number of ketones is 1. The summed E-state index contributed by atoms with van der Waals surface area (Å²) in [6, 6.07) is 1.64. The van der Waals surface area contributed by atoms with Gasteiger partial charge in [-0.25, -0.2) is 0 Å². The Labute approximate surface area is 148 Å². The van der Waals surface area contributed by atoms with Gasteiger partial charge in [0.1, 0.15) is 5.56 Å². The number of amides is 1. The molecule has 1 aromatic rings. The zero-order valence-electron chi connectivity index (χ0n) is 15.3. The second-order valence-corrected chi connectivity index (χ2v) is 7.99. The van der Waals surface area contributed by atoms with Gasteiger partial charge in [-0.2, -0.15) is 0 Å². The summed E-state index contributed by atoms with van der Waals surface area (Å²) < 4.78 is 0. The molecule has 1 amide bonds. The molecular weight excluding hydrogens is 318 g/mol. The predicted molar refractivity (Wildman–Crippen MR) is 96.1 cm³/mol. The van der Waals surface area contributed by atoms with Crippen LogP contribution in [0.25, 0.3) is 0 Å². The Hall–Kier alpha value is -1.95. The van der Waals surface area contributed by atoms with E-state index in [0.717, 1.165) is 25.9 Å². The Morgan fingerprint density at radius 1 is 1.32 bits per heavy atom. The molecule has 0 saturated carbocycles. The minimum Gasteiger partial charge on any atom is -0.334 e. The molecule has 6 nitrogen and oxygen atoms in total. The fourth-order valence-electron chi connectivity index (χ4n) is 3.94. The molecule has 2 N–H and O–H groups in total. The number of Topliss-reactive ketones (excluding diaryl/α,β-unsaturated/α-hetero) is 1. The van der Waals surface area contributed by atoms with Crippen LogP contribution in [0.15, 0.2) is 10.9 Å². The van der Waals surface area contributed by atoms with Crippen molar-refractivity contribution in [3.63, 3.8) is 0 Å². The zero-order valence-corrected chi connectivity index (χ0v) is 15.3. The van der Waals surface area contributed by atoms with Gasteiger partial charge >= 0.3 is 0 Å². The molecular formula is C19H27N3O3. The summed E-state index contributed by atoms with van der Waals surface area (Å²) in [7, 11) is 0. The van der Waals surface area contributed by atoms with Crippen LogP contribution in [0.3, 0.4) is 0 Å². The summed E-state index contributed by atoms with van der Waals surface area (Å²) in [4.78, 5) is 42.7. The van der Waals surface area contributed by atoms with Crippen LogP contribution in [0.1, 0.15) is 66.4 Å².